The van der Waals surface area contributed by atoms with Gasteiger partial charge in [0, 0.05) is 36.3 Å². The van der Waals surface area contributed by atoms with Crippen LogP contribution in [0.4, 0.5) is 0 Å². The van der Waals surface area contributed by atoms with Gasteiger partial charge in [0.05, 0.1) is 23.3 Å². The highest BCUT2D eigenvalue weighted by Crippen LogP contribution is 2.25. The van der Waals surface area contributed by atoms with E-state index in [-0.39, 0.29) is 6.61 Å². The van der Waals surface area contributed by atoms with E-state index in [4.69, 9.17) is 16.7 Å². The molecule has 0 unspecified atom stereocenters. The summed E-state index contributed by atoms with van der Waals surface area (Å²) in [6, 6.07) is 13.8. The quantitative estimate of drug-likeness (QED) is 0.302. The highest BCUT2D eigenvalue weighted by atomic mass is 35.5. The van der Waals surface area contributed by atoms with E-state index < -0.39 is 0 Å². The second kappa shape index (κ2) is 10.2. The SMILES string of the molecule is CN(Cc1ccc2nccnc2c1)Cc1nnc(SCCCO)n1-c1cccc(Cl)c1. The molecule has 0 aliphatic rings. The van der Waals surface area contributed by atoms with E-state index in [9.17, 15) is 0 Å². The zero-order valence-electron chi connectivity index (χ0n) is 17.1. The van der Waals surface area contributed by atoms with E-state index in [1.807, 2.05) is 34.9 Å². The number of halogens is 1. The van der Waals surface area contributed by atoms with E-state index >= 15 is 0 Å². The van der Waals surface area contributed by atoms with Gasteiger partial charge in [-0.15, -0.1) is 10.2 Å². The summed E-state index contributed by atoms with van der Waals surface area (Å²) in [6.07, 6.45) is 4.11. The molecule has 31 heavy (non-hydrogen) atoms. The fraction of sp³-hybridized carbons (Fsp3) is 0.273. The summed E-state index contributed by atoms with van der Waals surface area (Å²) in [7, 11) is 2.05. The Morgan fingerprint density at radius 2 is 1.87 bits per heavy atom. The monoisotopic (exact) mass is 454 g/mol. The predicted molar refractivity (Wildman–Crippen MR) is 124 cm³/mol. The van der Waals surface area contributed by atoms with Gasteiger partial charge in [0.1, 0.15) is 0 Å². The van der Waals surface area contributed by atoms with Gasteiger partial charge in [-0.25, -0.2) is 0 Å². The maximum atomic E-state index is 9.11. The van der Waals surface area contributed by atoms with Crippen LogP contribution in [0.3, 0.4) is 0 Å². The van der Waals surface area contributed by atoms with Crippen LogP contribution in [0.15, 0.2) is 60.0 Å². The first-order valence-electron chi connectivity index (χ1n) is 9.96. The van der Waals surface area contributed by atoms with Gasteiger partial charge in [0.25, 0.3) is 0 Å². The van der Waals surface area contributed by atoms with Gasteiger partial charge in [-0.3, -0.25) is 19.4 Å². The molecule has 0 amide bonds. The zero-order chi connectivity index (χ0) is 21.6. The summed E-state index contributed by atoms with van der Waals surface area (Å²) >= 11 is 7.82. The van der Waals surface area contributed by atoms with Gasteiger partial charge in [-0.05, 0) is 49.4 Å². The van der Waals surface area contributed by atoms with Crippen molar-refractivity contribution < 1.29 is 5.11 Å². The molecule has 2 aromatic carbocycles. The van der Waals surface area contributed by atoms with Gasteiger partial charge in [0.2, 0.25) is 0 Å². The molecular weight excluding hydrogens is 432 g/mol. The molecule has 0 atom stereocenters. The van der Waals surface area contributed by atoms with Crippen LogP contribution >= 0.6 is 23.4 Å². The van der Waals surface area contributed by atoms with E-state index in [0.29, 0.717) is 18.0 Å². The van der Waals surface area contributed by atoms with Crippen molar-refractivity contribution in [2.75, 3.05) is 19.4 Å². The molecule has 4 aromatic rings. The van der Waals surface area contributed by atoms with Crippen molar-refractivity contribution in [1.82, 2.24) is 29.6 Å². The second-order valence-corrected chi connectivity index (χ2v) is 8.69. The lowest BCUT2D eigenvalue weighted by Crippen LogP contribution is -2.20. The van der Waals surface area contributed by atoms with Gasteiger partial charge < -0.3 is 5.11 Å². The van der Waals surface area contributed by atoms with Gasteiger partial charge in [-0.1, -0.05) is 35.5 Å². The molecule has 160 valence electrons. The standard InChI is InChI=1S/C22H23ClN6OS/c1-28(14-16-6-7-19-20(12-16)25-9-8-24-19)15-21-26-27-22(31-11-3-10-30)29(21)18-5-2-4-17(23)13-18/h2,4-9,12-13,30H,3,10-11,14-15H2,1H3. The minimum Gasteiger partial charge on any atom is -0.396 e. The largest absolute Gasteiger partial charge is 0.396 e. The van der Waals surface area contributed by atoms with Crippen molar-refractivity contribution in [3.63, 3.8) is 0 Å². The number of fused-ring (bicyclic) bond motifs is 1. The van der Waals surface area contributed by atoms with Crippen LogP contribution in [0.5, 0.6) is 0 Å². The van der Waals surface area contributed by atoms with Gasteiger partial charge in [-0.2, -0.15) is 0 Å². The van der Waals surface area contributed by atoms with Crippen molar-refractivity contribution in [2.45, 2.75) is 24.7 Å². The Morgan fingerprint density at radius 3 is 2.68 bits per heavy atom. The highest BCUT2D eigenvalue weighted by molar-refractivity contribution is 7.99. The van der Waals surface area contributed by atoms with Crippen molar-refractivity contribution in [2.24, 2.45) is 0 Å². The lowest BCUT2D eigenvalue weighted by molar-refractivity contribution is 0.296. The maximum absolute atomic E-state index is 9.11. The Kier molecular flexibility index (Phi) is 7.14. The Hall–Kier alpha value is -2.52. The van der Waals surface area contributed by atoms with E-state index in [1.54, 1.807) is 24.2 Å². The molecule has 0 bridgehead atoms. The van der Waals surface area contributed by atoms with E-state index in [2.05, 4.69) is 44.2 Å². The average molecular weight is 455 g/mol. The summed E-state index contributed by atoms with van der Waals surface area (Å²) in [5, 5.41) is 19.4. The van der Waals surface area contributed by atoms with Crippen LogP contribution in [-0.4, -0.2) is 54.1 Å². The number of aliphatic hydroxyl groups is 1. The summed E-state index contributed by atoms with van der Waals surface area (Å²) < 4.78 is 2.04. The van der Waals surface area contributed by atoms with Crippen molar-refractivity contribution >= 4 is 34.4 Å². The Morgan fingerprint density at radius 1 is 1.03 bits per heavy atom. The topological polar surface area (TPSA) is 80.0 Å². The molecule has 9 heteroatoms. The predicted octanol–water partition coefficient (Wildman–Crippen LogP) is 3.97. The molecule has 0 spiro atoms. The number of rotatable bonds is 9. The third kappa shape index (κ3) is 5.40. The zero-order valence-corrected chi connectivity index (χ0v) is 18.7. The lowest BCUT2D eigenvalue weighted by atomic mass is 10.2. The van der Waals surface area contributed by atoms with E-state index in [1.165, 1.54) is 0 Å². The molecule has 0 radical (unpaired) electrons. The molecule has 0 fully saturated rings. The first-order valence-corrected chi connectivity index (χ1v) is 11.3. The van der Waals surface area contributed by atoms with Crippen molar-refractivity contribution in [1.29, 1.82) is 0 Å². The Balaban J connectivity index is 1.56. The minimum atomic E-state index is 0.157. The number of aromatic nitrogens is 5. The fourth-order valence-electron chi connectivity index (χ4n) is 3.31. The first kappa shape index (κ1) is 21.7. The smallest absolute Gasteiger partial charge is 0.195 e. The average Bonchev–Trinajstić information content (AvgIpc) is 3.16. The Labute approximate surface area is 190 Å². The lowest BCUT2D eigenvalue weighted by Gasteiger charge is -2.18. The van der Waals surface area contributed by atoms with Crippen LogP contribution in [0.25, 0.3) is 16.7 Å². The highest BCUT2D eigenvalue weighted by Gasteiger charge is 2.16. The normalized spacial score (nSPS) is 11.5. The summed E-state index contributed by atoms with van der Waals surface area (Å²) in [4.78, 5) is 10.9. The fourth-order valence-corrected chi connectivity index (χ4v) is 4.39. The number of hydrogen-bond donors (Lipinski definition) is 1. The molecule has 1 N–H and O–H groups in total. The third-order valence-corrected chi connectivity index (χ3v) is 5.95. The molecule has 4 rings (SSSR count). The molecule has 2 aromatic heterocycles. The number of benzene rings is 2. The van der Waals surface area contributed by atoms with Crippen molar-refractivity contribution in [3.8, 4) is 5.69 Å². The molecule has 2 heterocycles. The third-order valence-electron chi connectivity index (χ3n) is 4.70. The van der Waals surface area contributed by atoms with Crippen molar-refractivity contribution in [3.05, 3.63) is 71.3 Å². The molecule has 0 aliphatic carbocycles. The second-order valence-electron chi connectivity index (χ2n) is 7.19. The molecule has 0 saturated heterocycles. The maximum Gasteiger partial charge on any atom is 0.195 e. The summed E-state index contributed by atoms with van der Waals surface area (Å²) in [5.74, 6) is 1.60. The van der Waals surface area contributed by atoms with Gasteiger partial charge >= 0.3 is 0 Å². The van der Waals surface area contributed by atoms with Crippen LogP contribution in [0.1, 0.15) is 17.8 Å². The Bertz CT molecular complexity index is 1170. The molecule has 7 nitrogen and oxygen atoms in total. The minimum absolute atomic E-state index is 0.157. The molecule has 0 aliphatic heterocycles. The van der Waals surface area contributed by atoms with Crippen LogP contribution in [0.2, 0.25) is 5.02 Å². The molecular formula is C22H23ClN6OS. The van der Waals surface area contributed by atoms with Crippen LogP contribution in [-0.2, 0) is 13.1 Å². The van der Waals surface area contributed by atoms with Crippen LogP contribution in [0, 0.1) is 0 Å². The number of aliphatic hydroxyl groups excluding tert-OH is 1. The first-order chi connectivity index (χ1) is 15.1. The van der Waals surface area contributed by atoms with E-state index in [0.717, 1.165) is 45.6 Å². The molecule has 0 saturated carbocycles. The summed E-state index contributed by atoms with van der Waals surface area (Å²) in [6.45, 7) is 1.50. The number of thioether (sulfide) groups is 1. The van der Waals surface area contributed by atoms with Crippen LogP contribution < -0.4 is 0 Å². The number of hydrogen-bond acceptors (Lipinski definition) is 7. The van der Waals surface area contributed by atoms with Gasteiger partial charge in [0.15, 0.2) is 11.0 Å². The number of nitrogens with zero attached hydrogens (tertiary/aromatic N) is 6. The summed E-state index contributed by atoms with van der Waals surface area (Å²) in [5.41, 5.74) is 3.85.